The number of nitrogens with one attached hydrogen (secondary N) is 1. The van der Waals surface area contributed by atoms with Crippen LogP contribution in [-0.2, 0) is 0 Å². The van der Waals surface area contributed by atoms with Gasteiger partial charge in [-0.05, 0) is 150 Å². The van der Waals surface area contributed by atoms with Crippen molar-refractivity contribution in [1.29, 1.82) is 0 Å². The van der Waals surface area contributed by atoms with Crippen molar-refractivity contribution in [2.24, 2.45) is 0 Å². The Hall–Kier alpha value is -8.46. The van der Waals surface area contributed by atoms with E-state index >= 15 is 0 Å². The molecule has 0 unspecified atom stereocenters. The Morgan fingerprint density at radius 1 is 0.438 bits per heavy atom. The van der Waals surface area contributed by atoms with E-state index in [4.69, 9.17) is 0 Å². The highest BCUT2D eigenvalue weighted by molar-refractivity contribution is 5.91. The van der Waals surface area contributed by atoms with Crippen LogP contribution < -0.4 is 10.2 Å². The summed E-state index contributed by atoms with van der Waals surface area (Å²) in [6.45, 7) is 18.8. The summed E-state index contributed by atoms with van der Waals surface area (Å²) < 4.78 is 0. The summed E-state index contributed by atoms with van der Waals surface area (Å²) in [6, 6.07) is 84.9. The van der Waals surface area contributed by atoms with E-state index in [1.54, 1.807) is 0 Å². The summed E-state index contributed by atoms with van der Waals surface area (Å²) in [5, 5.41) is 3.47. The number of aryl methyl sites for hydroxylation is 3. The molecule has 0 atom stereocenters. The van der Waals surface area contributed by atoms with E-state index < -0.39 is 0 Å². The van der Waals surface area contributed by atoms with Crippen LogP contribution >= 0.6 is 0 Å². The van der Waals surface area contributed by atoms with Gasteiger partial charge in [0.15, 0.2) is 0 Å². The molecular weight excluding hydrogens is 881 g/mol. The second-order valence-corrected chi connectivity index (χ2v) is 17.5. The first-order chi connectivity index (χ1) is 35.8. The van der Waals surface area contributed by atoms with Gasteiger partial charge in [-0.2, -0.15) is 0 Å². The maximum atomic E-state index is 4.10. The summed E-state index contributed by atoms with van der Waals surface area (Å²) in [5.41, 5.74) is 20.4. The van der Waals surface area contributed by atoms with E-state index in [9.17, 15) is 0 Å². The molecule has 2 heteroatoms. The van der Waals surface area contributed by atoms with E-state index in [0.717, 1.165) is 46.9 Å². The quantitative estimate of drug-likeness (QED) is 0.0863. The molecule has 0 amide bonds. The lowest BCUT2D eigenvalue weighted by Crippen LogP contribution is -2.09. The lowest BCUT2D eigenvalue weighted by atomic mass is 9.93. The van der Waals surface area contributed by atoms with Crippen molar-refractivity contribution in [2.45, 2.75) is 61.3 Å². The zero-order chi connectivity index (χ0) is 51.6. The van der Waals surface area contributed by atoms with Gasteiger partial charge in [0.2, 0.25) is 0 Å². The molecule has 0 saturated heterocycles. The fourth-order valence-electron chi connectivity index (χ4n) is 8.04. The predicted octanol–water partition coefficient (Wildman–Crippen LogP) is 20.8. The van der Waals surface area contributed by atoms with Crippen LogP contribution in [0.3, 0.4) is 0 Å². The summed E-state index contributed by atoms with van der Waals surface area (Å²) in [6.07, 6.45) is 10.9. The molecular formula is C71H72N2. The minimum Gasteiger partial charge on any atom is -0.356 e. The fourth-order valence-corrected chi connectivity index (χ4v) is 8.04. The summed E-state index contributed by atoms with van der Waals surface area (Å²) in [4.78, 5) is 2.30. The highest BCUT2D eigenvalue weighted by atomic mass is 15.1. The Bertz CT molecular complexity index is 2990. The van der Waals surface area contributed by atoms with Crippen LogP contribution in [0.25, 0.3) is 28.3 Å². The minimum absolute atomic E-state index is 0.988. The average Bonchev–Trinajstić information content (AvgIpc) is 3.45. The van der Waals surface area contributed by atoms with Crippen LogP contribution in [0, 0.1) is 20.8 Å². The van der Waals surface area contributed by atoms with Crippen LogP contribution in [0.15, 0.2) is 273 Å². The van der Waals surface area contributed by atoms with Gasteiger partial charge < -0.3 is 10.2 Å². The minimum atomic E-state index is 0.988. The molecule has 0 aliphatic carbocycles. The number of allylic oxidation sites excluding steroid dienone is 5. The number of hydrogen-bond donors (Lipinski definition) is 1. The van der Waals surface area contributed by atoms with Gasteiger partial charge in [-0.3, -0.25) is 0 Å². The second kappa shape index (κ2) is 29.0. The largest absolute Gasteiger partial charge is 0.356 e. The summed E-state index contributed by atoms with van der Waals surface area (Å²) in [5.74, 6) is 0. The van der Waals surface area contributed by atoms with Gasteiger partial charge in [-0.15, -0.1) is 0 Å². The molecule has 0 bridgehead atoms. The third-order valence-corrected chi connectivity index (χ3v) is 12.1. The first kappa shape index (κ1) is 53.9. The molecule has 366 valence electrons. The third kappa shape index (κ3) is 16.6. The van der Waals surface area contributed by atoms with E-state index in [1.165, 1.54) is 61.2 Å². The zero-order valence-electron chi connectivity index (χ0n) is 44.0. The van der Waals surface area contributed by atoms with E-state index in [1.807, 2.05) is 56.3 Å². The highest BCUT2D eigenvalue weighted by Gasteiger charge is 2.13. The number of hydrogen-bond acceptors (Lipinski definition) is 2. The molecule has 9 aromatic rings. The Morgan fingerprint density at radius 3 is 1.23 bits per heavy atom. The number of rotatable bonds is 14. The molecule has 0 saturated carbocycles. The van der Waals surface area contributed by atoms with Gasteiger partial charge in [-0.25, -0.2) is 0 Å². The Kier molecular flexibility index (Phi) is 21.4. The molecule has 0 heterocycles. The van der Waals surface area contributed by atoms with Crippen molar-refractivity contribution < 1.29 is 0 Å². The van der Waals surface area contributed by atoms with E-state index in [-0.39, 0.29) is 0 Å². The third-order valence-electron chi connectivity index (χ3n) is 12.1. The van der Waals surface area contributed by atoms with Crippen molar-refractivity contribution in [3.8, 4) is 11.1 Å². The fraction of sp³-hybridized carbons (Fsp3) is 0.127. The van der Waals surface area contributed by atoms with Gasteiger partial charge in [0, 0.05) is 28.4 Å². The maximum absolute atomic E-state index is 4.10. The number of anilines is 5. The molecule has 0 radical (unpaired) electrons. The van der Waals surface area contributed by atoms with E-state index in [2.05, 4.69) is 276 Å². The van der Waals surface area contributed by atoms with Crippen LogP contribution in [0.4, 0.5) is 28.4 Å². The van der Waals surface area contributed by atoms with Crippen molar-refractivity contribution in [1.82, 2.24) is 0 Å². The summed E-state index contributed by atoms with van der Waals surface area (Å²) in [7, 11) is 0. The normalized spacial score (nSPS) is 10.9. The average molecular weight is 953 g/mol. The van der Waals surface area contributed by atoms with Crippen molar-refractivity contribution >= 4 is 45.7 Å². The monoisotopic (exact) mass is 953 g/mol. The Labute approximate surface area is 438 Å². The van der Waals surface area contributed by atoms with Crippen LogP contribution in [0.5, 0.6) is 0 Å². The predicted molar refractivity (Wildman–Crippen MR) is 321 cm³/mol. The lowest BCUT2D eigenvalue weighted by molar-refractivity contribution is 1.15. The molecule has 9 rings (SSSR count). The number of nitrogens with zero attached hydrogens (tertiary/aromatic N) is 1. The SMILES string of the molecule is C=C(c1ccccc1)c1ccccc1.CC.CC\C=C/C=C(CC)/C(=C/c1ccc(Nc2ccc(C)cc2)cc1)c1ccccc1.Cc1ccc(N(c2ccc(C)cc2)c2ccc(-c3ccccc3)cc2)cc1. The number of benzene rings is 9. The summed E-state index contributed by atoms with van der Waals surface area (Å²) >= 11 is 0. The highest BCUT2D eigenvalue weighted by Crippen LogP contribution is 2.36. The Balaban J connectivity index is 0.000000185. The van der Waals surface area contributed by atoms with Gasteiger partial charge in [-0.1, -0.05) is 251 Å². The second-order valence-electron chi connectivity index (χ2n) is 17.5. The molecule has 0 aromatic heterocycles. The first-order valence-corrected chi connectivity index (χ1v) is 25.7. The van der Waals surface area contributed by atoms with E-state index in [0.29, 0.717) is 0 Å². The zero-order valence-corrected chi connectivity index (χ0v) is 44.0. The Morgan fingerprint density at radius 2 is 0.808 bits per heavy atom. The van der Waals surface area contributed by atoms with Crippen LogP contribution in [0.2, 0.25) is 0 Å². The van der Waals surface area contributed by atoms with Gasteiger partial charge in [0.05, 0.1) is 0 Å². The lowest BCUT2D eigenvalue weighted by Gasteiger charge is -2.26. The molecule has 9 aromatic carbocycles. The van der Waals surface area contributed by atoms with Crippen LogP contribution in [0.1, 0.15) is 79.5 Å². The standard InChI is InChI=1S/C29H31N.C26H23N.C14H12.C2H6/c1-4-6-8-11-25(5-2)29(26-12-9-7-10-13-26)22-24-16-20-28(21-17-24)30-27-18-14-23(3)15-19-27;1-20-8-14-24(15-9-20)27(25-16-10-21(2)11-17-25)26-18-12-23(13-19-26)22-6-4-3-5-7-22;1-12(13-8-4-2-5-9-13)14-10-6-3-7-11-14;1-2/h6-22,30H,4-5H2,1-3H3;3-19H,1-2H3;2-11H,1H2;1-2H3/b8-6-,25-11+,29-22-;;;. The topological polar surface area (TPSA) is 15.3 Å². The molecule has 0 spiro atoms. The first-order valence-electron chi connectivity index (χ1n) is 25.7. The molecule has 0 fully saturated rings. The smallest absolute Gasteiger partial charge is 0.0462 e. The van der Waals surface area contributed by atoms with Crippen molar-refractivity contribution in [3.63, 3.8) is 0 Å². The van der Waals surface area contributed by atoms with Gasteiger partial charge >= 0.3 is 0 Å². The van der Waals surface area contributed by atoms with Crippen molar-refractivity contribution in [2.75, 3.05) is 10.2 Å². The van der Waals surface area contributed by atoms with Gasteiger partial charge in [0.25, 0.3) is 0 Å². The van der Waals surface area contributed by atoms with Gasteiger partial charge in [0.1, 0.15) is 0 Å². The maximum Gasteiger partial charge on any atom is 0.0462 e. The van der Waals surface area contributed by atoms with Crippen LogP contribution in [-0.4, -0.2) is 0 Å². The molecule has 0 aliphatic rings. The molecule has 0 aliphatic heterocycles. The molecule has 73 heavy (non-hydrogen) atoms. The molecule has 2 nitrogen and oxygen atoms in total. The molecule has 1 N–H and O–H groups in total. The van der Waals surface area contributed by atoms with Crippen molar-refractivity contribution in [3.05, 3.63) is 312 Å².